The van der Waals surface area contributed by atoms with Crippen molar-refractivity contribution < 1.29 is 0 Å². The van der Waals surface area contributed by atoms with Crippen LogP contribution in [-0.4, -0.2) is 6.54 Å². The molecule has 2 heteroatoms. The zero-order chi connectivity index (χ0) is 12.4. The van der Waals surface area contributed by atoms with Crippen molar-refractivity contribution in [3.8, 4) is 0 Å². The van der Waals surface area contributed by atoms with Gasteiger partial charge in [0, 0.05) is 10.9 Å². The summed E-state index contributed by atoms with van der Waals surface area (Å²) >= 11 is 1.88. The Morgan fingerprint density at radius 3 is 2.89 bits per heavy atom. The van der Waals surface area contributed by atoms with Crippen LogP contribution in [-0.2, 0) is 12.8 Å². The molecule has 2 aromatic rings. The van der Waals surface area contributed by atoms with Crippen LogP contribution in [0.5, 0.6) is 0 Å². The van der Waals surface area contributed by atoms with Gasteiger partial charge in [-0.05, 0) is 47.9 Å². The third-order valence-corrected chi connectivity index (χ3v) is 4.71. The molecule has 1 nitrogen and oxygen atoms in total. The fourth-order valence-electron chi connectivity index (χ4n) is 3.05. The molecule has 2 atom stereocenters. The minimum atomic E-state index is 0.535. The first-order chi connectivity index (χ1) is 8.88. The van der Waals surface area contributed by atoms with Crippen LogP contribution in [0.2, 0.25) is 0 Å². The van der Waals surface area contributed by atoms with Crippen molar-refractivity contribution in [3.63, 3.8) is 0 Å². The summed E-state index contributed by atoms with van der Waals surface area (Å²) in [4.78, 5) is 1.51. The van der Waals surface area contributed by atoms with E-state index in [1.165, 1.54) is 28.8 Å². The first-order valence-corrected chi connectivity index (χ1v) is 7.60. The maximum Gasteiger partial charge on any atom is 0.0357 e. The summed E-state index contributed by atoms with van der Waals surface area (Å²) in [6.45, 7) is 3.24. The number of nitrogens with one attached hydrogen (secondary N) is 1. The van der Waals surface area contributed by atoms with Crippen molar-refractivity contribution in [1.82, 2.24) is 5.32 Å². The lowest BCUT2D eigenvalue weighted by atomic mass is 9.96. The van der Waals surface area contributed by atoms with Crippen LogP contribution in [0, 0.1) is 5.92 Å². The highest BCUT2D eigenvalue weighted by atomic mass is 32.1. The predicted molar refractivity (Wildman–Crippen MR) is 78.1 cm³/mol. The van der Waals surface area contributed by atoms with Gasteiger partial charge in [-0.2, -0.15) is 0 Å². The molecule has 3 rings (SSSR count). The third-order valence-electron chi connectivity index (χ3n) is 3.81. The molecule has 1 aromatic heterocycles. The van der Waals surface area contributed by atoms with E-state index in [0.29, 0.717) is 12.0 Å². The molecular formula is C16H19NS. The van der Waals surface area contributed by atoms with E-state index >= 15 is 0 Å². The molecule has 18 heavy (non-hydrogen) atoms. The second-order valence-electron chi connectivity index (χ2n) is 4.98. The Balaban J connectivity index is 1.83. The Bertz CT molecular complexity index is 502. The molecule has 1 aliphatic rings. The minimum absolute atomic E-state index is 0.535. The molecular weight excluding hydrogens is 238 g/mol. The lowest BCUT2D eigenvalue weighted by molar-refractivity contribution is 0.396. The summed E-state index contributed by atoms with van der Waals surface area (Å²) in [6.07, 6.45) is 2.41. The highest BCUT2D eigenvalue weighted by Crippen LogP contribution is 2.38. The molecule has 0 saturated heterocycles. The van der Waals surface area contributed by atoms with E-state index in [9.17, 15) is 0 Å². The van der Waals surface area contributed by atoms with Crippen LogP contribution < -0.4 is 5.32 Å². The van der Waals surface area contributed by atoms with Gasteiger partial charge >= 0.3 is 0 Å². The predicted octanol–water partition coefficient (Wildman–Crippen LogP) is 3.81. The lowest BCUT2D eigenvalue weighted by Gasteiger charge is -2.20. The Kier molecular flexibility index (Phi) is 3.48. The molecule has 0 radical (unpaired) electrons. The van der Waals surface area contributed by atoms with Gasteiger partial charge in [0.15, 0.2) is 0 Å². The minimum Gasteiger partial charge on any atom is -0.310 e. The second kappa shape index (κ2) is 5.25. The van der Waals surface area contributed by atoms with Crippen LogP contribution in [0.3, 0.4) is 0 Å². The van der Waals surface area contributed by atoms with E-state index in [-0.39, 0.29) is 0 Å². The van der Waals surface area contributed by atoms with Gasteiger partial charge in [-0.3, -0.25) is 0 Å². The van der Waals surface area contributed by atoms with Crippen molar-refractivity contribution in [2.45, 2.75) is 25.8 Å². The fourth-order valence-corrected chi connectivity index (χ4v) is 3.85. The van der Waals surface area contributed by atoms with Gasteiger partial charge in [-0.1, -0.05) is 37.3 Å². The Morgan fingerprint density at radius 1 is 1.22 bits per heavy atom. The van der Waals surface area contributed by atoms with Gasteiger partial charge in [-0.15, -0.1) is 11.3 Å². The number of thiophene rings is 1. The monoisotopic (exact) mass is 257 g/mol. The molecule has 0 amide bonds. The van der Waals surface area contributed by atoms with E-state index in [2.05, 4.69) is 54.0 Å². The van der Waals surface area contributed by atoms with Gasteiger partial charge in [-0.25, -0.2) is 0 Å². The lowest BCUT2D eigenvalue weighted by Crippen LogP contribution is -2.26. The molecule has 1 aliphatic carbocycles. The Labute approximate surface area is 113 Å². The van der Waals surface area contributed by atoms with E-state index in [4.69, 9.17) is 0 Å². The largest absolute Gasteiger partial charge is 0.310 e. The average molecular weight is 257 g/mol. The molecule has 1 N–H and O–H groups in total. The molecule has 1 aromatic carbocycles. The molecule has 0 aliphatic heterocycles. The molecule has 94 valence electrons. The Morgan fingerprint density at radius 2 is 2.11 bits per heavy atom. The summed E-state index contributed by atoms with van der Waals surface area (Å²) in [5, 5.41) is 5.85. The number of fused-ring (bicyclic) bond motifs is 1. The maximum atomic E-state index is 3.67. The topological polar surface area (TPSA) is 12.0 Å². The van der Waals surface area contributed by atoms with Gasteiger partial charge in [0.1, 0.15) is 0 Å². The van der Waals surface area contributed by atoms with Crippen molar-refractivity contribution in [2.75, 3.05) is 6.54 Å². The van der Waals surface area contributed by atoms with Crippen LogP contribution in [0.25, 0.3) is 0 Å². The van der Waals surface area contributed by atoms with Crippen LogP contribution in [0.4, 0.5) is 0 Å². The summed E-state index contributed by atoms with van der Waals surface area (Å²) in [7, 11) is 0. The zero-order valence-electron chi connectivity index (χ0n) is 10.7. The highest BCUT2D eigenvalue weighted by molar-refractivity contribution is 7.09. The molecule has 0 bridgehead atoms. The normalized spacial score (nSPS) is 22.1. The zero-order valence-corrected chi connectivity index (χ0v) is 11.5. The molecule has 0 fully saturated rings. The highest BCUT2D eigenvalue weighted by Gasteiger charge is 2.31. The van der Waals surface area contributed by atoms with Crippen molar-refractivity contribution in [3.05, 3.63) is 57.8 Å². The summed E-state index contributed by atoms with van der Waals surface area (Å²) in [6, 6.07) is 13.9. The Hall–Kier alpha value is -1.12. The maximum absolute atomic E-state index is 3.67. The van der Waals surface area contributed by atoms with E-state index in [1.807, 2.05) is 11.3 Å². The summed E-state index contributed by atoms with van der Waals surface area (Å²) in [5.74, 6) is 0.709. The second-order valence-corrected chi connectivity index (χ2v) is 6.01. The third kappa shape index (κ3) is 2.23. The summed E-state index contributed by atoms with van der Waals surface area (Å²) < 4.78 is 0. The molecule has 0 saturated carbocycles. The number of hydrogen-bond donors (Lipinski definition) is 1. The van der Waals surface area contributed by atoms with Gasteiger partial charge < -0.3 is 5.32 Å². The quantitative estimate of drug-likeness (QED) is 0.878. The van der Waals surface area contributed by atoms with Gasteiger partial charge in [0.2, 0.25) is 0 Å². The summed E-state index contributed by atoms with van der Waals surface area (Å²) in [5.41, 5.74) is 3.05. The van der Waals surface area contributed by atoms with E-state index in [0.717, 1.165) is 6.54 Å². The first kappa shape index (κ1) is 11.9. The number of rotatable bonds is 4. The standard InChI is InChI=1S/C16H19NS/c1-2-17-16-13(11-14-7-5-9-18-14)10-12-6-3-4-8-15(12)16/h3-9,13,16-17H,2,10-11H2,1H3. The smallest absolute Gasteiger partial charge is 0.0357 e. The number of hydrogen-bond acceptors (Lipinski definition) is 2. The van der Waals surface area contributed by atoms with Crippen molar-refractivity contribution >= 4 is 11.3 Å². The molecule has 0 spiro atoms. The first-order valence-electron chi connectivity index (χ1n) is 6.72. The molecule has 2 unspecified atom stereocenters. The number of benzene rings is 1. The van der Waals surface area contributed by atoms with Crippen molar-refractivity contribution in [2.24, 2.45) is 5.92 Å². The van der Waals surface area contributed by atoms with Crippen LogP contribution >= 0.6 is 11.3 Å². The van der Waals surface area contributed by atoms with Crippen molar-refractivity contribution in [1.29, 1.82) is 0 Å². The molecule has 1 heterocycles. The average Bonchev–Trinajstić information content (AvgIpc) is 3.00. The van der Waals surface area contributed by atoms with Crippen LogP contribution in [0.15, 0.2) is 41.8 Å². The fraction of sp³-hybridized carbons (Fsp3) is 0.375. The van der Waals surface area contributed by atoms with Gasteiger partial charge in [0.25, 0.3) is 0 Å². The van der Waals surface area contributed by atoms with Crippen LogP contribution in [0.1, 0.15) is 29.0 Å². The van der Waals surface area contributed by atoms with E-state index in [1.54, 1.807) is 0 Å². The van der Waals surface area contributed by atoms with E-state index < -0.39 is 0 Å². The van der Waals surface area contributed by atoms with Gasteiger partial charge in [0.05, 0.1) is 0 Å². The SMILES string of the molecule is CCNC1c2ccccc2CC1Cc1cccs1.